The summed E-state index contributed by atoms with van der Waals surface area (Å²) in [4.78, 5) is 6.09. The van der Waals surface area contributed by atoms with Gasteiger partial charge in [-0.05, 0) is 5.92 Å². The number of hydrogen-bond donors (Lipinski definition) is 1. The van der Waals surface area contributed by atoms with E-state index in [1.165, 1.54) is 32.8 Å². The standard InChI is InChI=1S/C11H18N2S3/c1-7(2)10-8(5-12)16-11(13-10)9-6-14-3-4-15-9/h7,9H,3-6,12H2,1-2H3. The highest BCUT2D eigenvalue weighted by molar-refractivity contribution is 8.06. The fraction of sp³-hybridized carbons (Fsp3) is 0.727. The minimum Gasteiger partial charge on any atom is -0.326 e. The third-order valence-electron chi connectivity index (χ3n) is 2.57. The Morgan fingerprint density at radius 2 is 2.25 bits per heavy atom. The van der Waals surface area contributed by atoms with Crippen molar-refractivity contribution in [3.05, 3.63) is 15.6 Å². The molecule has 0 aromatic carbocycles. The minimum absolute atomic E-state index is 0.491. The summed E-state index contributed by atoms with van der Waals surface area (Å²) in [5.41, 5.74) is 7.01. The lowest BCUT2D eigenvalue weighted by Crippen LogP contribution is -2.06. The highest BCUT2D eigenvalue weighted by atomic mass is 32.2. The number of nitrogens with zero attached hydrogens (tertiary/aromatic N) is 1. The SMILES string of the molecule is CC(C)c1nc(C2CSCCS2)sc1CN. The summed E-state index contributed by atoms with van der Waals surface area (Å²) in [6.45, 7) is 5.03. The van der Waals surface area contributed by atoms with Crippen LogP contribution in [0.3, 0.4) is 0 Å². The molecule has 0 radical (unpaired) electrons. The van der Waals surface area contributed by atoms with E-state index >= 15 is 0 Å². The average molecular weight is 274 g/mol. The molecule has 2 rings (SSSR count). The molecule has 1 saturated heterocycles. The van der Waals surface area contributed by atoms with Gasteiger partial charge in [0, 0.05) is 28.7 Å². The molecule has 0 spiro atoms. The first-order valence-corrected chi connectivity index (χ1v) is 8.63. The lowest BCUT2D eigenvalue weighted by molar-refractivity contribution is 0.804. The number of aromatic nitrogens is 1. The molecule has 1 unspecified atom stereocenters. The van der Waals surface area contributed by atoms with Crippen molar-refractivity contribution in [1.29, 1.82) is 0 Å². The molecule has 0 saturated carbocycles. The summed E-state index contributed by atoms with van der Waals surface area (Å²) >= 11 is 5.91. The van der Waals surface area contributed by atoms with E-state index in [0.29, 0.717) is 17.7 Å². The Balaban J connectivity index is 2.20. The highest BCUT2D eigenvalue weighted by Crippen LogP contribution is 2.40. The first-order valence-electron chi connectivity index (χ1n) is 5.61. The van der Waals surface area contributed by atoms with Crippen LogP contribution < -0.4 is 5.73 Å². The van der Waals surface area contributed by atoms with Crippen LogP contribution in [0, 0.1) is 0 Å². The van der Waals surface area contributed by atoms with Crippen molar-refractivity contribution in [2.75, 3.05) is 17.3 Å². The van der Waals surface area contributed by atoms with Crippen LogP contribution in [0.25, 0.3) is 0 Å². The Morgan fingerprint density at radius 1 is 1.44 bits per heavy atom. The molecule has 2 N–H and O–H groups in total. The van der Waals surface area contributed by atoms with E-state index in [4.69, 9.17) is 10.7 Å². The van der Waals surface area contributed by atoms with E-state index in [9.17, 15) is 0 Å². The summed E-state index contributed by atoms with van der Waals surface area (Å²) in [7, 11) is 0. The second-order valence-corrected chi connectivity index (χ2v) is 7.73. The Labute approximate surface area is 110 Å². The molecule has 1 atom stereocenters. The minimum atomic E-state index is 0.491. The lowest BCUT2D eigenvalue weighted by atomic mass is 10.1. The molecule has 16 heavy (non-hydrogen) atoms. The maximum Gasteiger partial charge on any atom is 0.107 e. The van der Waals surface area contributed by atoms with Gasteiger partial charge in [-0.25, -0.2) is 4.98 Å². The molecule has 90 valence electrons. The zero-order valence-corrected chi connectivity index (χ0v) is 12.2. The third kappa shape index (κ3) is 2.75. The van der Waals surface area contributed by atoms with Crippen molar-refractivity contribution >= 4 is 34.9 Å². The number of thioether (sulfide) groups is 2. The second-order valence-electron chi connectivity index (χ2n) is 4.15. The Bertz CT molecular complexity index is 343. The van der Waals surface area contributed by atoms with Crippen LogP contribution in [0.4, 0.5) is 0 Å². The van der Waals surface area contributed by atoms with Crippen molar-refractivity contribution < 1.29 is 0 Å². The highest BCUT2D eigenvalue weighted by Gasteiger charge is 2.22. The Kier molecular flexibility index (Phi) is 4.58. The van der Waals surface area contributed by atoms with Gasteiger partial charge in [0.2, 0.25) is 0 Å². The molecule has 0 amide bonds. The van der Waals surface area contributed by atoms with Gasteiger partial charge in [-0.3, -0.25) is 0 Å². The van der Waals surface area contributed by atoms with Gasteiger partial charge in [0.25, 0.3) is 0 Å². The quantitative estimate of drug-likeness (QED) is 0.918. The second kappa shape index (κ2) is 5.76. The molecule has 2 heterocycles. The maximum atomic E-state index is 5.79. The average Bonchev–Trinajstić information content (AvgIpc) is 2.74. The smallest absolute Gasteiger partial charge is 0.107 e. The van der Waals surface area contributed by atoms with E-state index in [0.717, 1.165) is 0 Å². The first-order chi connectivity index (χ1) is 7.72. The number of rotatable bonds is 3. The van der Waals surface area contributed by atoms with Gasteiger partial charge in [-0.2, -0.15) is 11.8 Å². The number of hydrogen-bond acceptors (Lipinski definition) is 5. The molecule has 1 fully saturated rings. The van der Waals surface area contributed by atoms with Crippen molar-refractivity contribution in [3.8, 4) is 0 Å². The summed E-state index contributed by atoms with van der Waals surface area (Å²) in [6, 6.07) is 0. The largest absolute Gasteiger partial charge is 0.326 e. The van der Waals surface area contributed by atoms with E-state index in [1.807, 2.05) is 34.9 Å². The van der Waals surface area contributed by atoms with Gasteiger partial charge >= 0.3 is 0 Å². The molecular weight excluding hydrogens is 256 g/mol. The van der Waals surface area contributed by atoms with Crippen molar-refractivity contribution in [3.63, 3.8) is 0 Å². The first kappa shape index (κ1) is 12.7. The van der Waals surface area contributed by atoms with Crippen LogP contribution in [0.15, 0.2) is 0 Å². The zero-order chi connectivity index (χ0) is 11.5. The topological polar surface area (TPSA) is 38.9 Å². The molecule has 1 aromatic heterocycles. The van der Waals surface area contributed by atoms with Crippen LogP contribution in [-0.4, -0.2) is 22.2 Å². The Hall–Kier alpha value is 0.290. The maximum absolute atomic E-state index is 5.79. The van der Waals surface area contributed by atoms with Gasteiger partial charge < -0.3 is 5.73 Å². The molecule has 1 aliphatic rings. The van der Waals surface area contributed by atoms with Gasteiger partial charge in [-0.1, -0.05) is 13.8 Å². The number of nitrogens with two attached hydrogens (primary N) is 1. The molecular formula is C11H18N2S3. The summed E-state index contributed by atoms with van der Waals surface area (Å²) < 4.78 is 0. The molecule has 1 aliphatic heterocycles. The normalized spacial score (nSPS) is 21.6. The summed E-state index contributed by atoms with van der Waals surface area (Å²) in [5.74, 6) is 4.24. The zero-order valence-electron chi connectivity index (χ0n) is 9.73. The van der Waals surface area contributed by atoms with Crippen molar-refractivity contribution in [2.24, 2.45) is 5.73 Å². The molecule has 5 heteroatoms. The van der Waals surface area contributed by atoms with Gasteiger partial charge in [0.15, 0.2) is 0 Å². The van der Waals surface area contributed by atoms with E-state index in [1.54, 1.807) is 0 Å². The summed E-state index contributed by atoms with van der Waals surface area (Å²) in [6.07, 6.45) is 0. The van der Waals surface area contributed by atoms with Crippen molar-refractivity contribution in [1.82, 2.24) is 4.98 Å². The fourth-order valence-electron chi connectivity index (χ4n) is 1.75. The molecule has 0 bridgehead atoms. The monoisotopic (exact) mass is 274 g/mol. The van der Waals surface area contributed by atoms with Gasteiger partial charge in [-0.15, -0.1) is 23.1 Å². The van der Waals surface area contributed by atoms with Crippen molar-refractivity contribution in [2.45, 2.75) is 31.6 Å². The number of thiazole rings is 1. The predicted octanol–water partition coefficient (Wildman–Crippen LogP) is 3.25. The Morgan fingerprint density at radius 3 is 2.75 bits per heavy atom. The molecule has 2 nitrogen and oxygen atoms in total. The van der Waals surface area contributed by atoms with Gasteiger partial charge in [0.05, 0.1) is 10.9 Å². The third-order valence-corrected chi connectivity index (χ3v) is 6.69. The van der Waals surface area contributed by atoms with E-state index < -0.39 is 0 Å². The van der Waals surface area contributed by atoms with E-state index in [-0.39, 0.29) is 0 Å². The molecule has 1 aromatic rings. The van der Waals surface area contributed by atoms with Crippen LogP contribution in [0.2, 0.25) is 0 Å². The molecule has 0 aliphatic carbocycles. The van der Waals surface area contributed by atoms with Crippen LogP contribution in [0.5, 0.6) is 0 Å². The summed E-state index contributed by atoms with van der Waals surface area (Å²) in [5, 5.41) is 1.89. The lowest BCUT2D eigenvalue weighted by Gasteiger charge is -2.18. The van der Waals surface area contributed by atoms with E-state index in [2.05, 4.69) is 13.8 Å². The van der Waals surface area contributed by atoms with Crippen LogP contribution in [-0.2, 0) is 6.54 Å². The van der Waals surface area contributed by atoms with Gasteiger partial charge in [0.1, 0.15) is 5.01 Å². The van der Waals surface area contributed by atoms with Crippen LogP contribution >= 0.6 is 34.9 Å². The van der Waals surface area contributed by atoms with Crippen LogP contribution in [0.1, 0.15) is 40.6 Å². The fourth-order valence-corrected chi connectivity index (χ4v) is 5.83. The predicted molar refractivity (Wildman–Crippen MR) is 76.6 cm³/mol.